The predicted octanol–water partition coefficient (Wildman–Crippen LogP) is 9.82. The summed E-state index contributed by atoms with van der Waals surface area (Å²) in [7, 11) is 2.01. The predicted molar refractivity (Wildman–Crippen MR) is 215 cm³/mol. The molecule has 0 atom stereocenters. The summed E-state index contributed by atoms with van der Waals surface area (Å²) in [6, 6.07) is 15.2. The van der Waals surface area contributed by atoms with E-state index in [0.717, 1.165) is 136 Å². The molecule has 0 N–H and O–H groups in total. The summed E-state index contributed by atoms with van der Waals surface area (Å²) >= 11 is 9.05. The van der Waals surface area contributed by atoms with Crippen molar-refractivity contribution in [1.82, 2.24) is 24.1 Å². The van der Waals surface area contributed by atoms with Gasteiger partial charge >= 0.3 is 0 Å². The Morgan fingerprint density at radius 3 is 2.65 bits per heavy atom. The number of hydrogen-bond acceptors (Lipinski definition) is 6. The molecule has 5 heterocycles. The smallest absolute Gasteiger partial charge is 0.176 e. The van der Waals surface area contributed by atoms with Gasteiger partial charge in [-0.15, -0.1) is 11.8 Å². The van der Waals surface area contributed by atoms with Gasteiger partial charge in [0.2, 0.25) is 0 Å². The van der Waals surface area contributed by atoms with Crippen molar-refractivity contribution in [3.05, 3.63) is 99.0 Å². The van der Waals surface area contributed by atoms with E-state index in [1.165, 1.54) is 6.07 Å². The van der Waals surface area contributed by atoms with Crippen LogP contribution < -0.4 is 4.74 Å². The molecule has 11 heteroatoms. The van der Waals surface area contributed by atoms with Gasteiger partial charge in [-0.05, 0) is 117 Å². The van der Waals surface area contributed by atoms with Gasteiger partial charge in [0.1, 0.15) is 11.6 Å². The Morgan fingerprint density at radius 2 is 1.83 bits per heavy atom. The second-order valence-electron chi connectivity index (χ2n) is 14.9. The van der Waals surface area contributed by atoms with Crippen molar-refractivity contribution < 1.29 is 18.7 Å². The lowest BCUT2D eigenvalue weighted by Gasteiger charge is -2.22. The Kier molecular flexibility index (Phi) is 10.6. The zero-order chi connectivity index (χ0) is 37.5. The average molecular weight is 768 g/mol. The molecule has 1 fully saturated rings. The van der Waals surface area contributed by atoms with Crippen LogP contribution in [0.25, 0.3) is 32.8 Å². The van der Waals surface area contributed by atoms with E-state index in [0.29, 0.717) is 36.2 Å². The maximum atomic E-state index is 14.4. The van der Waals surface area contributed by atoms with Crippen LogP contribution in [-0.2, 0) is 49.2 Å². The number of Topliss-reactive ketones (excluding diaryl/α,β-unsaturated/α-hetero) is 1. The number of thioether (sulfide) groups is 1. The minimum Gasteiger partial charge on any atom is -0.493 e. The molecule has 3 aromatic heterocycles. The number of hydrogen-bond donors (Lipinski definition) is 0. The largest absolute Gasteiger partial charge is 0.493 e. The van der Waals surface area contributed by atoms with E-state index in [4.69, 9.17) is 31.3 Å². The van der Waals surface area contributed by atoms with Gasteiger partial charge in [0.05, 0.1) is 29.4 Å². The Labute approximate surface area is 325 Å². The number of benzene rings is 3. The highest BCUT2D eigenvalue weighted by Crippen LogP contribution is 2.44. The molecule has 2 aliphatic rings. The van der Waals surface area contributed by atoms with Gasteiger partial charge < -0.3 is 14.0 Å². The zero-order valence-electron chi connectivity index (χ0n) is 31.5. The van der Waals surface area contributed by atoms with Crippen LogP contribution in [0.3, 0.4) is 0 Å². The Bertz CT molecular complexity index is 2370. The first kappa shape index (κ1) is 36.8. The molecule has 8 nitrogen and oxygen atoms in total. The fourth-order valence-electron chi connectivity index (χ4n) is 8.60. The number of ether oxygens (including phenoxy) is 2. The lowest BCUT2D eigenvalue weighted by Crippen LogP contribution is -2.18. The third-order valence-electron chi connectivity index (χ3n) is 11.2. The molecule has 6 aromatic rings. The van der Waals surface area contributed by atoms with E-state index in [9.17, 15) is 9.18 Å². The Hall–Kier alpha value is -4.12. The fraction of sp³-hybridized carbons (Fsp3) is 0.419. The van der Waals surface area contributed by atoms with E-state index >= 15 is 0 Å². The number of nitrogens with zero attached hydrogens (tertiary/aromatic N) is 5. The van der Waals surface area contributed by atoms with Crippen molar-refractivity contribution in [3.63, 3.8) is 0 Å². The van der Waals surface area contributed by atoms with Crippen LogP contribution in [0, 0.1) is 25.6 Å². The van der Waals surface area contributed by atoms with E-state index in [-0.39, 0.29) is 11.6 Å². The molecule has 0 amide bonds. The number of ketones is 1. The van der Waals surface area contributed by atoms with Crippen LogP contribution in [-0.4, -0.2) is 49.7 Å². The molecule has 0 saturated carbocycles. The number of aryl methyl sites for hydroxylation is 7. The summed E-state index contributed by atoms with van der Waals surface area (Å²) in [6.07, 6.45) is 5.43. The third-order valence-corrected chi connectivity index (χ3v) is 12.5. The monoisotopic (exact) mass is 767 g/mol. The van der Waals surface area contributed by atoms with Gasteiger partial charge in [-0.25, -0.2) is 4.39 Å². The molecule has 1 saturated heterocycles. The molecule has 282 valence electrons. The molecule has 8 bridgehead atoms. The SMILES string of the molecule is CC(=O)c1c(C)c2c3c(Cl)ccc2n1CCCOc1cc(cc2cc(F)ccc12)CCc1cc(nn1C)CSCc1c-3c(C)nn1CCC1CCOCC1. The molecule has 2 aliphatic heterocycles. The number of aromatic nitrogens is 5. The average Bonchev–Trinajstić information content (AvgIpc) is 3.77. The van der Waals surface area contributed by atoms with Crippen molar-refractivity contribution in [2.24, 2.45) is 13.0 Å². The Balaban J connectivity index is 1.23. The van der Waals surface area contributed by atoms with Crippen molar-refractivity contribution in [1.29, 1.82) is 0 Å². The first-order chi connectivity index (χ1) is 26.2. The van der Waals surface area contributed by atoms with Gasteiger partial charge in [-0.3, -0.25) is 14.2 Å². The van der Waals surface area contributed by atoms with Gasteiger partial charge in [0.25, 0.3) is 0 Å². The van der Waals surface area contributed by atoms with Crippen LogP contribution in [0.15, 0.2) is 48.5 Å². The number of fused-ring (bicyclic) bond motifs is 8. The van der Waals surface area contributed by atoms with Crippen LogP contribution in [0.4, 0.5) is 4.39 Å². The van der Waals surface area contributed by atoms with E-state index in [2.05, 4.69) is 34.4 Å². The molecule has 8 rings (SSSR count). The minimum absolute atomic E-state index is 0.0104. The van der Waals surface area contributed by atoms with Crippen molar-refractivity contribution in [3.8, 4) is 16.9 Å². The van der Waals surface area contributed by atoms with Gasteiger partial charge in [0, 0.05) is 89.9 Å². The normalized spacial score (nSPS) is 16.0. The van der Waals surface area contributed by atoms with E-state index in [1.54, 1.807) is 19.1 Å². The molecular formula is C43H47ClFN5O3S. The molecule has 0 unspecified atom stereocenters. The summed E-state index contributed by atoms with van der Waals surface area (Å²) in [5, 5.41) is 13.4. The van der Waals surface area contributed by atoms with Crippen LogP contribution >= 0.6 is 23.4 Å². The van der Waals surface area contributed by atoms with Crippen LogP contribution in [0.1, 0.15) is 77.0 Å². The van der Waals surface area contributed by atoms with Gasteiger partial charge in [0.15, 0.2) is 5.78 Å². The van der Waals surface area contributed by atoms with Gasteiger partial charge in [-0.2, -0.15) is 10.2 Å². The van der Waals surface area contributed by atoms with Crippen LogP contribution in [0.2, 0.25) is 5.02 Å². The van der Waals surface area contributed by atoms with E-state index < -0.39 is 0 Å². The zero-order valence-corrected chi connectivity index (χ0v) is 33.1. The molecular weight excluding hydrogens is 721 g/mol. The van der Waals surface area contributed by atoms with Crippen molar-refractivity contribution in [2.75, 3.05) is 19.8 Å². The summed E-state index contributed by atoms with van der Waals surface area (Å²) in [4.78, 5) is 13.4. The number of carbonyl (C=O) groups excluding carboxylic acids is 1. The quantitative estimate of drug-likeness (QED) is 0.166. The molecule has 54 heavy (non-hydrogen) atoms. The highest BCUT2D eigenvalue weighted by atomic mass is 35.5. The number of halogens is 2. The van der Waals surface area contributed by atoms with Crippen molar-refractivity contribution in [2.45, 2.75) is 83.9 Å². The Morgan fingerprint density at radius 1 is 1.00 bits per heavy atom. The summed E-state index contributed by atoms with van der Waals surface area (Å²) in [5.41, 5.74) is 9.91. The summed E-state index contributed by atoms with van der Waals surface area (Å²) in [5.74, 6) is 2.56. The maximum absolute atomic E-state index is 14.4. The van der Waals surface area contributed by atoms with Crippen LogP contribution in [0.5, 0.6) is 5.75 Å². The first-order valence-corrected chi connectivity index (χ1v) is 20.6. The minimum atomic E-state index is -0.271. The molecule has 0 radical (unpaired) electrons. The summed E-state index contributed by atoms with van der Waals surface area (Å²) < 4.78 is 32.9. The fourth-order valence-corrected chi connectivity index (χ4v) is 9.79. The standard InChI is InChI=1S/C43H47ClFN5O3S/c1-26-40-37-11-10-36(44)42(40)41-27(2)46-50(16-12-29-13-18-52-19-14-29)38(41)25-54-24-33-23-34(48(4)47-33)8-6-30-20-31-22-32(45)7-9-35(31)39(21-30)53-17-5-15-49(37)43(26)28(3)51/h7,9-11,20-23,29H,5-6,8,12-19,24-25H2,1-4H3. The molecule has 0 spiro atoms. The lowest BCUT2D eigenvalue weighted by molar-refractivity contribution is 0.0622. The maximum Gasteiger partial charge on any atom is 0.176 e. The third kappa shape index (κ3) is 7.20. The van der Waals surface area contributed by atoms with E-state index in [1.807, 2.05) is 42.5 Å². The van der Waals surface area contributed by atoms with Gasteiger partial charge in [-0.1, -0.05) is 17.7 Å². The molecule has 3 aromatic carbocycles. The number of carbonyl (C=O) groups is 1. The highest BCUT2D eigenvalue weighted by molar-refractivity contribution is 7.97. The highest BCUT2D eigenvalue weighted by Gasteiger charge is 2.27. The lowest BCUT2D eigenvalue weighted by atomic mass is 9.96. The second kappa shape index (κ2) is 15.6. The molecule has 0 aliphatic carbocycles. The second-order valence-corrected chi connectivity index (χ2v) is 16.3. The first-order valence-electron chi connectivity index (χ1n) is 19.1. The topological polar surface area (TPSA) is 76.1 Å². The summed E-state index contributed by atoms with van der Waals surface area (Å²) in [6.45, 7) is 9.25. The number of rotatable bonds is 4. The van der Waals surface area contributed by atoms with Crippen molar-refractivity contribution >= 4 is 50.8 Å².